The molecule has 5 heteroatoms. The van der Waals surface area contributed by atoms with Crippen LogP contribution in [0.1, 0.15) is 11.4 Å². The Kier molecular flexibility index (Phi) is 2.95. The molecule has 19 heavy (non-hydrogen) atoms. The minimum absolute atomic E-state index is 0.220. The molecular weight excluding hydrogens is 265 g/mol. The van der Waals surface area contributed by atoms with Crippen LogP contribution in [0.15, 0.2) is 36.7 Å². The first-order valence-corrected chi connectivity index (χ1v) is 6.38. The van der Waals surface area contributed by atoms with Gasteiger partial charge in [0.25, 0.3) is 0 Å². The van der Waals surface area contributed by atoms with Gasteiger partial charge in [-0.2, -0.15) is 0 Å². The predicted molar refractivity (Wildman–Crippen MR) is 73.1 cm³/mol. The van der Waals surface area contributed by atoms with Crippen molar-refractivity contribution in [1.29, 1.82) is 0 Å². The van der Waals surface area contributed by atoms with E-state index in [1.165, 1.54) is 6.07 Å². The summed E-state index contributed by atoms with van der Waals surface area (Å²) in [7, 11) is 0. The Bertz CT molecular complexity index is 752. The summed E-state index contributed by atoms with van der Waals surface area (Å²) in [5, 5.41) is 0. The lowest BCUT2D eigenvalue weighted by Crippen LogP contribution is -2.00. The number of benzene rings is 1. The van der Waals surface area contributed by atoms with Gasteiger partial charge in [-0.15, -0.1) is 11.6 Å². The topological polar surface area (TPSA) is 30.7 Å². The zero-order valence-corrected chi connectivity index (χ0v) is 11.0. The van der Waals surface area contributed by atoms with Gasteiger partial charge in [-0.3, -0.25) is 9.55 Å². The van der Waals surface area contributed by atoms with Gasteiger partial charge >= 0.3 is 0 Å². The number of fused-ring (bicyclic) bond motifs is 1. The lowest BCUT2D eigenvalue weighted by Gasteiger charge is -2.09. The van der Waals surface area contributed by atoms with Crippen LogP contribution in [0.5, 0.6) is 0 Å². The van der Waals surface area contributed by atoms with Crippen LogP contribution in [0.2, 0.25) is 0 Å². The highest BCUT2D eigenvalue weighted by molar-refractivity contribution is 6.17. The molecule has 0 aliphatic heterocycles. The zero-order chi connectivity index (χ0) is 13.4. The highest BCUT2D eigenvalue weighted by Crippen LogP contribution is 2.23. The summed E-state index contributed by atoms with van der Waals surface area (Å²) in [6.45, 7) is 1.74. The summed E-state index contributed by atoms with van der Waals surface area (Å²) >= 11 is 5.95. The molecule has 0 N–H and O–H groups in total. The first-order chi connectivity index (χ1) is 9.20. The Morgan fingerprint density at radius 3 is 2.89 bits per heavy atom. The van der Waals surface area contributed by atoms with Gasteiger partial charge in [-0.05, 0) is 36.8 Å². The van der Waals surface area contributed by atoms with Crippen LogP contribution in [0.4, 0.5) is 4.39 Å². The van der Waals surface area contributed by atoms with Crippen molar-refractivity contribution >= 4 is 22.6 Å². The molecular formula is C14H11ClFN3. The van der Waals surface area contributed by atoms with Gasteiger partial charge in [-0.25, -0.2) is 9.37 Å². The van der Waals surface area contributed by atoms with Crippen LogP contribution in [0, 0.1) is 12.7 Å². The summed E-state index contributed by atoms with van der Waals surface area (Å²) in [5.74, 6) is 0.781. The molecule has 2 heterocycles. The maximum absolute atomic E-state index is 13.4. The molecule has 0 saturated heterocycles. The molecule has 0 aliphatic rings. The second kappa shape index (κ2) is 4.63. The molecule has 0 spiro atoms. The van der Waals surface area contributed by atoms with Crippen LogP contribution in [-0.4, -0.2) is 14.5 Å². The summed E-state index contributed by atoms with van der Waals surface area (Å²) in [6, 6.07) is 6.83. The van der Waals surface area contributed by atoms with Crippen molar-refractivity contribution in [2.75, 3.05) is 0 Å². The van der Waals surface area contributed by atoms with Crippen molar-refractivity contribution in [3.8, 4) is 5.69 Å². The standard InChI is InChI=1S/C14H11ClFN3/c1-9-6-10(2-3-11(9)16)19-13-4-5-17-8-12(13)18-14(19)7-15/h2-6,8H,7H2,1H3. The summed E-state index contributed by atoms with van der Waals surface area (Å²) < 4.78 is 15.3. The van der Waals surface area contributed by atoms with E-state index in [0.717, 1.165) is 22.5 Å². The highest BCUT2D eigenvalue weighted by atomic mass is 35.5. The number of rotatable bonds is 2. The largest absolute Gasteiger partial charge is 0.295 e. The van der Waals surface area contributed by atoms with Gasteiger partial charge in [0.05, 0.1) is 17.6 Å². The average Bonchev–Trinajstić information content (AvgIpc) is 2.80. The van der Waals surface area contributed by atoms with Crippen molar-refractivity contribution in [2.45, 2.75) is 12.8 Å². The summed E-state index contributed by atoms with van der Waals surface area (Å²) in [6.07, 6.45) is 3.40. The number of nitrogens with zero attached hydrogens (tertiary/aromatic N) is 3. The van der Waals surface area contributed by atoms with E-state index in [1.807, 2.05) is 10.6 Å². The average molecular weight is 276 g/mol. The van der Waals surface area contributed by atoms with Gasteiger partial charge in [0.1, 0.15) is 17.2 Å². The number of imidazole rings is 1. The van der Waals surface area contributed by atoms with Crippen molar-refractivity contribution in [3.63, 3.8) is 0 Å². The van der Waals surface area contributed by atoms with Crippen LogP contribution >= 0.6 is 11.6 Å². The van der Waals surface area contributed by atoms with Crippen molar-refractivity contribution in [1.82, 2.24) is 14.5 Å². The molecule has 0 radical (unpaired) electrons. The van der Waals surface area contributed by atoms with Gasteiger partial charge in [0.15, 0.2) is 0 Å². The van der Waals surface area contributed by atoms with Gasteiger partial charge in [-0.1, -0.05) is 0 Å². The highest BCUT2D eigenvalue weighted by Gasteiger charge is 2.12. The Morgan fingerprint density at radius 1 is 1.32 bits per heavy atom. The quantitative estimate of drug-likeness (QED) is 0.669. The van der Waals surface area contributed by atoms with E-state index in [9.17, 15) is 4.39 Å². The van der Waals surface area contributed by atoms with E-state index < -0.39 is 0 Å². The van der Waals surface area contributed by atoms with Crippen molar-refractivity contribution in [2.24, 2.45) is 0 Å². The fourth-order valence-electron chi connectivity index (χ4n) is 2.13. The second-order valence-electron chi connectivity index (χ2n) is 4.29. The van der Waals surface area contributed by atoms with Crippen LogP contribution in [-0.2, 0) is 5.88 Å². The molecule has 0 fully saturated rings. The number of pyridine rings is 1. The minimum Gasteiger partial charge on any atom is -0.295 e. The molecule has 96 valence electrons. The number of aryl methyl sites for hydroxylation is 1. The molecule has 0 saturated carbocycles. The van der Waals surface area contributed by atoms with E-state index in [1.54, 1.807) is 31.5 Å². The van der Waals surface area contributed by atoms with Crippen molar-refractivity contribution < 1.29 is 4.39 Å². The second-order valence-corrected chi connectivity index (χ2v) is 4.56. The Balaban J connectivity index is 2.31. The van der Waals surface area contributed by atoms with Crippen LogP contribution < -0.4 is 0 Å². The number of hydrogen-bond acceptors (Lipinski definition) is 2. The van der Waals surface area contributed by atoms with Crippen LogP contribution in [0.3, 0.4) is 0 Å². The van der Waals surface area contributed by atoms with Gasteiger partial charge in [0.2, 0.25) is 0 Å². The van der Waals surface area contributed by atoms with Gasteiger partial charge in [0, 0.05) is 11.9 Å². The molecule has 3 aromatic rings. The third-order valence-electron chi connectivity index (χ3n) is 3.05. The van der Waals surface area contributed by atoms with E-state index >= 15 is 0 Å². The maximum Gasteiger partial charge on any atom is 0.129 e. The Morgan fingerprint density at radius 2 is 2.16 bits per heavy atom. The van der Waals surface area contributed by atoms with Gasteiger partial charge < -0.3 is 0 Å². The fourth-order valence-corrected chi connectivity index (χ4v) is 2.31. The summed E-state index contributed by atoms with van der Waals surface area (Å²) in [4.78, 5) is 8.48. The molecule has 0 unspecified atom stereocenters. The third-order valence-corrected chi connectivity index (χ3v) is 3.28. The maximum atomic E-state index is 13.4. The first kappa shape index (κ1) is 12.1. The minimum atomic E-state index is -0.220. The lowest BCUT2D eigenvalue weighted by molar-refractivity contribution is 0.618. The van der Waals surface area contributed by atoms with E-state index in [4.69, 9.17) is 11.6 Å². The predicted octanol–water partition coefficient (Wildman–Crippen LogP) is 3.61. The third kappa shape index (κ3) is 1.98. The Hall–Kier alpha value is -1.94. The molecule has 0 atom stereocenters. The number of hydrogen-bond donors (Lipinski definition) is 0. The first-order valence-electron chi connectivity index (χ1n) is 5.84. The number of halogens is 2. The monoisotopic (exact) mass is 275 g/mol. The molecule has 0 amide bonds. The van der Waals surface area contributed by atoms with E-state index in [-0.39, 0.29) is 11.7 Å². The normalized spacial score (nSPS) is 11.1. The molecule has 0 aliphatic carbocycles. The fraction of sp³-hybridized carbons (Fsp3) is 0.143. The number of alkyl halides is 1. The zero-order valence-electron chi connectivity index (χ0n) is 10.3. The number of aromatic nitrogens is 3. The summed E-state index contributed by atoms with van der Waals surface area (Å²) in [5.41, 5.74) is 3.13. The molecule has 0 bridgehead atoms. The lowest BCUT2D eigenvalue weighted by atomic mass is 10.2. The Labute approximate surface area is 114 Å². The van der Waals surface area contributed by atoms with Crippen molar-refractivity contribution in [3.05, 3.63) is 53.9 Å². The molecule has 3 rings (SSSR count). The SMILES string of the molecule is Cc1cc(-n2c(CCl)nc3cnccc32)ccc1F. The molecule has 3 nitrogen and oxygen atoms in total. The smallest absolute Gasteiger partial charge is 0.129 e. The molecule has 2 aromatic heterocycles. The van der Waals surface area contributed by atoms with Crippen LogP contribution in [0.25, 0.3) is 16.7 Å². The van der Waals surface area contributed by atoms with E-state index in [0.29, 0.717) is 5.56 Å². The molecule has 1 aromatic carbocycles. The van der Waals surface area contributed by atoms with E-state index in [2.05, 4.69) is 9.97 Å².